The van der Waals surface area contributed by atoms with Crippen LogP contribution >= 0.6 is 0 Å². The summed E-state index contributed by atoms with van der Waals surface area (Å²) in [5, 5.41) is 3.10. The van der Waals surface area contributed by atoms with Gasteiger partial charge in [-0.1, -0.05) is 36.4 Å². The van der Waals surface area contributed by atoms with Crippen LogP contribution in [0, 0.1) is 4.91 Å². The fraction of sp³-hybridized carbons (Fsp3) is 0.200. The third-order valence-corrected chi connectivity index (χ3v) is 3.23. The van der Waals surface area contributed by atoms with Gasteiger partial charge in [0.05, 0.1) is 0 Å². The van der Waals surface area contributed by atoms with Crippen LogP contribution in [0.5, 0.6) is 0 Å². The van der Waals surface area contributed by atoms with E-state index in [1.54, 1.807) is 0 Å². The van der Waals surface area contributed by atoms with E-state index in [1.807, 2.05) is 42.5 Å². The summed E-state index contributed by atoms with van der Waals surface area (Å²) in [6.45, 7) is 0. The molecule has 3 rings (SSSR count). The average Bonchev–Trinajstić information content (AvgIpc) is 2.47. The number of nitrogens with zero attached hydrogens (tertiary/aromatic N) is 1. The van der Waals surface area contributed by atoms with Crippen molar-refractivity contribution in [1.82, 2.24) is 0 Å². The molecule has 0 bridgehead atoms. The zero-order valence-electron chi connectivity index (χ0n) is 9.93. The Kier molecular flexibility index (Phi) is 2.81. The number of ether oxygens (including phenoxy) is 1. The molecule has 0 saturated carbocycles. The van der Waals surface area contributed by atoms with Crippen LogP contribution in [0.3, 0.4) is 0 Å². The van der Waals surface area contributed by atoms with Crippen LogP contribution < -0.4 is 0 Å². The molecule has 3 heteroatoms. The van der Waals surface area contributed by atoms with Gasteiger partial charge in [0.1, 0.15) is 11.5 Å². The van der Waals surface area contributed by atoms with Crippen LogP contribution in [0.2, 0.25) is 0 Å². The summed E-state index contributed by atoms with van der Waals surface area (Å²) >= 11 is 0. The van der Waals surface area contributed by atoms with Crippen molar-refractivity contribution in [1.29, 1.82) is 0 Å². The minimum Gasteiger partial charge on any atom is -0.454 e. The Morgan fingerprint density at radius 3 is 2.67 bits per heavy atom. The van der Waals surface area contributed by atoms with E-state index >= 15 is 0 Å². The van der Waals surface area contributed by atoms with Crippen molar-refractivity contribution in [2.45, 2.75) is 19.3 Å². The lowest BCUT2D eigenvalue weighted by Gasteiger charge is -2.23. The molecule has 0 fully saturated rings. The summed E-state index contributed by atoms with van der Waals surface area (Å²) in [4.78, 5) is 10.8. The molecule has 3 nitrogen and oxygen atoms in total. The van der Waals surface area contributed by atoms with Gasteiger partial charge in [-0.15, -0.1) is 4.91 Å². The van der Waals surface area contributed by atoms with E-state index in [-0.39, 0.29) is 0 Å². The zero-order chi connectivity index (χ0) is 12.4. The van der Waals surface area contributed by atoms with Gasteiger partial charge in [0, 0.05) is 5.56 Å². The van der Waals surface area contributed by atoms with Crippen LogP contribution in [0.1, 0.15) is 24.8 Å². The largest absolute Gasteiger partial charge is 0.454 e. The van der Waals surface area contributed by atoms with E-state index in [2.05, 4.69) is 5.18 Å². The third kappa shape index (κ3) is 1.88. The summed E-state index contributed by atoms with van der Waals surface area (Å²) in [6.07, 6.45) is 6.62. The van der Waals surface area contributed by atoms with Gasteiger partial charge >= 0.3 is 0 Å². The topological polar surface area (TPSA) is 38.7 Å². The second-order valence-corrected chi connectivity index (χ2v) is 4.41. The molecule has 1 aliphatic carbocycles. The lowest BCUT2D eigenvalue weighted by Crippen LogP contribution is -2.08. The van der Waals surface area contributed by atoms with E-state index in [4.69, 9.17) is 4.74 Å². The van der Waals surface area contributed by atoms with Gasteiger partial charge < -0.3 is 4.74 Å². The van der Waals surface area contributed by atoms with Crippen molar-refractivity contribution >= 4 is 5.76 Å². The first-order chi connectivity index (χ1) is 8.88. The van der Waals surface area contributed by atoms with E-state index in [0.717, 1.165) is 29.7 Å². The van der Waals surface area contributed by atoms with Crippen LogP contribution in [0.15, 0.2) is 64.7 Å². The standard InChI is InChI=1S/C15H13NO2/c17-16-13-8-4-7-12-9-10-14(18-15(12)13)11-5-2-1-3-6-11/h1-3,5-6,9-10H,4,7-8H2. The number of nitroso groups, excluding NO2 is 1. The summed E-state index contributed by atoms with van der Waals surface area (Å²) in [7, 11) is 0. The Morgan fingerprint density at radius 1 is 1.06 bits per heavy atom. The fourth-order valence-corrected chi connectivity index (χ4v) is 2.31. The Balaban J connectivity index is 2.01. The Bertz CT molecular complexity index is 567. The SMILES string of the molecule is O=NC1=C2OC(c3ccccc3)=CC=C2CCC1. The monoisotopic (exact) mass is 239 g/mol. The molecule has 0 radical (unpaired) electrons. The van der Waals surface area contributed by atoms with Gasteiger partial charge in [-0.2, -0.15) is 0 Å². The molecule has 2 aliphatic rings. The number of benzene rings is 1. The number of hydrogen-bond acceptors (Lipinski definition) is 3. The number of fused-ring (bicyclic) bond motifs is 1. The smallest absolute Gasteiger partial charge is 0.155 e. The molecule has 1 aromatic rings. The van der Waals surface area contributed by atoms with E-state index in [1.165, 1.54) is 0 Å². The summed E-state index contributed by atoms with van der Waals surface area (Å²) in [5.74, 6) is 1.44. The van der Waals surface area contributed by atoms with E-state index < -0.39 is 0 Å². The molecule has 0 atom stereocenters. The Morgan fingerprint density at radius 2 is 1.89 bits per heavy atom. The first-order valence-electron chi connectivity index (χ1n) is 6.09. The zero-order valence-corrected chi connectivity index (χ0v) is 9.93. The molecular weight excluding hydrogens is 226 g/mol. The third-order valence-electron chi connectivity index (χ3n) is 3.23. The number of hydrogen-bond donors (Lipinski definition) is 0. The average molecular weight is 239 g/mol. The maximum absolute atomic E-state index is 10.8. The highest BCUT2D eigenvalue weighted by molar-refractivity contribution is 5.65. The van der Waals surface area contributed by atoms with Crippen molar-refractivity contribution in [3.8, 4) is 0 Å². The number of allylic oxidation sites excluding steroid dienone is 4. The van der Waals surface area contributed by atoms with Crippen molar-refractivity contribution in [2.75, 3.05) is 0 Å². The van der Waals surface area contributed by atoms with Crippen LogP contribution in [-0.4, -0.2) is 0 Å². The van der Waals surface area contributed by atoms with Gasteiger partial charge in [-0.3, -0.25) is 0 Å². The predicted molar refractivity (Wildman–Crippen MR) is 70.3 cm³/mol. The summed E-state index contributed by atoms with van der Waals surface area (Å²) in [6, 6.07) is 9.87. The molecule has 0 N–H and O–H groups in total. The van der Waals surface area contributed by atoms with Gasteiger partial charge in [-0.25, -0.2) is 0 Å². The molecule has 0 amide bonds. The van der Waals surface area contributed by atoms with Gasteiger partial charge in [0.2, 0.25) is 0 Å². The molecule has 0 spiro atoms. The van der Waals surface area contributed by atoms with Crippen LogP contribution in [0.4, 0.5) is 0 Å². The van der Waals surface area contributed by atoms with Crippen LogP contribution in [0.25, 0.3) is 5.76 Å². The molecule has 1 aromatic carbocycles. The number of rotatable bonds is 2. The van der Waals surface area contributed by atoms with Crippen molar-refractivity contribution < 1.29 is 4.74 Å². The first-order valence-corrected chi connectivity index (χ1v) is 6.09. The van der Waals surface area contributed by atoms with Crippen molar-refractivity contribution in [3.05, 3.63) is 70.0 Å². The Labute approximate surface area is 105 Å². The summed E-state index contributed by atoms with van der Waals surface area (Å²) < 4.78 is 5.86. The van der Waals surface area contributed by atoms with Gasteiger partial charge in [0.25, 0.3) is 0 Å². The molecule has 0 saturated heterocycles. The Hall–Kier alpha value is -2.16. The second kappa shape index (κ2) is 4.61. The van der Waals surface area contributed by atoms with Gasteiger partial charge in [0.15, 0.2) is 5.76 Å². The van der Waals surface area contributed by atoms with Crippen molar-refractivity contribution in [3.63, 3.8) is 0 Å². The lowest BCUT2D eigenvalue weighted by atomic mass is 9.95. The van der Waals surface area contributed by atoms with Crippen LogP contribution in [-0.2, 0) is 4.74 Å². The molecule has 0 unspecified atom stereocenters. The predicted octanol–water partition coefficient (Wildman–Crippen LogP) is 4.15. The normalized spacial score (nSPS) is 18.4. The first kappa shape index (κ1) is 11.0. The minimum atomic E-state index is 0.536. The highest BCUT2D eigenvalue weighted by Crippen LogP contribution is 2.37. The van der Waals surface area contributed by atoms with E-state index in [0.29, 0.717) is 17.9 Å². The molecule has 0 aromatic heterocycles. The highest BCUT2D eigenvalue weighted by Gasteiger charge is 2.23. The van der Waals surface area contributed by atoms with Crippen molar-refractivity contribution in [2.24, 2.45) is 5.18 Å². The molecular formula is C15H13NO2. The minimum absolute atomic E-state index is 0.536. The molecule has 90 valence electrons. The molecule has 1 heterocycles. The second-order valence-electron chi connectivity index (χ2n) is 4.41. The highest BCUT2D eigenvalue weighted by atomic mass is 16.5. The fourth-order valence-electron chi connectivity index (χ4n) is 2.31. The van der Waals surface area contributed by atoms with Gasteiger partial charge in [-0.05, 0) is 36.1 Å². The van der Waals surface area contributed by atoms with E-state index in [9.17, 15) is 4.91 Å². The maximum atomic E-state index is 10.8. The lowest BCUT2D eigenvalue weighted by molar-refractivity contribution is 0.367. The molecule has 18 heavy (non-hydrogen) atoms. The molecule has 1 aliphatic heterocycles. The quantitative estimate of drug-likeness (QED) is 0.727. The summed E-state index contributed by atoms with van der Waals surface area (Å²) in [5.41, 5.74) is 2.63. The maximum Gasteiger partial charge on any atom is 0.155 e.